The molecule has 21 heavy (non-hydrogen) atoms. The van der Waals surface area contributed by atoms with Crippen LogP contribution in [0.2, 0.25) is 0 Å². The fourth-order valence-electron chi connectivity index (χ4n) is 2.36. The largest absolute Gasteiger partial charge is 0.341 e. The number of rotatable bonds is 3. The van der Waals surface area contributed by atoms with Gasteiger partial charge in [-0.25, -0.2) is 4.79 Å². The first-order valence-corrected chi connectivity index (χ1v) is 7.14. The van der Waals surface area contributed by atoms with Crippen LogP contribution in [0.25, 0.3) is 0 Å². The maximum absolute atomic E-state index is 12.4. The monoisotopic (exact) mass is 290 g/mol. The molecular formula is C15H22N4O2. The van der Waals surface area contributed by atoms with Gasteiger partial charge in [0.25, 0.3) is 0 Å². The topological polar surface area (TPSA) is 82.3 Å². The Bertz CT molecular complexity index is 507. The third-order valence-electron chi connectivity index (χ3n) is 3.77. The normalized spacial score (nSPS) is 21.4. The van der Waals surface area contributed by atoms with E-state index in [-0.39, 0.29) is 17.4 Å². The number of hydrogen-bond donors (Lipinski definition) is 4. The van der Waals surface area contributed by atoms with E-state index >= 15 is 0 Å². The average Bonchev–Trinajstić information content (AvgIpc) is 2.50. The van der Waals surface area contributed by atoms with E-state index in [1.54, 1.807) is 31.3 Å². The van der Waals surface area contributed by atoms with E-state index in [1.165, 1.54) is 0 Å². The van der Waals surface area contributed by atoms with Crippen molar-refractivity contribution in [2.45, 2.75) is 19.8 Å². The van der Waals surface area contributed by atoms with Gasteiger partial charge in [-0.3, -0.25) is 4.79 Å². The van der Waals surface area contributed by atoms with E-state index in [0.717, 1.165) is 25.1 Å². The molecule has 1 unspecified atom stereocenters. The fraction of sp³-hybridized carbons (Fsp3) is 0.467. The van der Waals surface area contributed by atoms with Gasteiger partial charge in [0.05, 0.1) is 5.41 Å². The summed E-state index contributed by atoms with van der Waals surface area (Å²) in [6.07, 6.45) is 1.90. The van der Waals surface area contributed by atoms with Crippen LogP contribution in [0.15, 0.2) is 24.3 Å². The second kappa shape index (κ2) is 6.58. The van der Waals surface area contributed by atoms with Gasteiger partial charge in [-0.05, 0) is 50.6 Å². The summed E-state index contributed by atoms with van der Waals surface area (Å²) in [7, 11) is 1.56. The van der Waals surface area contributed by atoms with Gasteiger partial charge in [0.1, 0.15) is 0 Å². The Morgan fingerprint density at radius 2 is 1.76 bits per heavy atom. The van der Waals surface area contributed by atoms with Gasteiger partial charge in [0.15, 0.2) is 0 Å². The highest BCUT2D eigenvalue weighted by Crippen LogP contribution is 2.27. The van der Waals surface area contributed by atoms with Gasteiger partial charge in [0.2, 0.25) is 5.91 Å². The summed E-state index contributed by atoms with van der Waals surface area (Å²) in [5.41, 5.74) is 1.05. The lowest BCUT2D eigenvalue weighted by Crippen LogP contribution is -2.46. The van der Waals surface area contributed by atoms with Crippen LogP contribution in [-0.2, 0) is 4.79 Å². The number of amides is 3. The number of anilines is 2. The van der Waals surface area contributed by atoms with Crippen LogP contribution < -0.4 is 21.3 Å². The lowest BCUT2D eigenvalue weighted by Gasteiger charge is -2.32. The molecule has 1 aliphatic heterocycles. The zero-order valence-corrected chi connectivity index (χ0v) is 12.5. The Kier molecular flexibility index (Phi) is 4.80. The van der Waals surface area contributed by atoms with Crippen molar-refractivity contribution >= 4 is 23.3 Å². The number of hydrogen-bond acceptors (Lipinski definition) is 3. The number of benzene rings is 1. The molecule has 0 aromatic heterocycles. The molecule has 0 aliphatic carbocycles. The molecule has 1 aromatic carbocycles. The first-order valence-electron chi connectivity index (χ1n) is 7.14. The van der Waals surface area contributed by atoms with Crippen molar-refractivity contribution in [2.75, 3.05) is 30.8 Å². The molecule has 1 fully saturated rings. The van der Waals surface area contributed by atoms with Crippen LogP contribution in [0.1, 0.15) is 19.8 Å². The van der Waals surface area contributed by atoms with E-state index in [0.29, 0.717) is 12.2 Å². The molecule has 2 rings (SSSR count). The number of piperidine rings is 1. The molecule has 3 amide bonds. The van der Waals surface area contributed by atoms with E-state index in [4.69, 9.17) is 0 Å². The summed E-state index contributed by atoms with van der Waals surface area (Å²) >= 11 is 0. The third-order valence-corrected chi connectivity index (χ3v) is 3.77. The summed E-state index contributed by atoms with van der Waals surface area (Å²) in [6.45, 7) is 3.66. The molecule has 0 saturated carbocycles. The highest BCUT2D eigenvalue weighted by Gasteiger charge is 2.34. The minimum absolute atomic E-state index is 0.0294. The zero-order chi connectivity index (χ0) is 15.3. The summed E-state index contributed by atoms with van der Waals surface area (Å²) in [6, 6.07) is 6.80. The minimum Gasteiger partial charge on any atom is -0.341 e. The Morgan fingerprint density at radius 1 is 1.14 bits per heavy atom. The van der Waals surface area contributed by atoms with Crippen LogP contribution in [-0.4, -0.2) is 32.1 Å². The summed E-state index contributed by atoms with van der Waals surface area (Å²) in [4.78, 5) is 23.6. The molecule has 1 atom stereocenters. The summed E-state index contributed by atoms with van der Waals surface area (Å²) < 4.78 is 0. The number of carbonyl (C=O) groups excluding carboxylic acids is 2. The highest BCUT2D eigenvalue weighted by atomic mass is 16.2. The predicted octanol–water partition coefficient (Wildman–Crippen LogP) is 1.77. The van der Waals surface area contributed by atoms with Crippen molar-refractivity contribution in [1.29, 1.82) is 0 Å². The molecule has 6 heteroatoms. The van der Waals surface area contributed by atoms with Gasteiger partial charge in [-0.15, -0.1) is 0 Å². The molecule has 4 N–H and O–H groups in total. The van der Waals surface area contributed by atoms with Crippen molar-refractivity contribution in [3.05, 3.63) is 24.3 Å². The molecule has 1 saturated heterocycles. The first kappa shape index (κ1) is 15.3. The van der Waals surface area contributed by atoms with Crippen LogP contribution in [0.4, 0.5) is 16.2 Å². The van der Waals surface area contributed by atoms with Crippen LogP contribution in [0.5, 0.6) is 0 Å². The molecule has 1 aliphatic rings. The van der Waals surface area contributed by atoms with Gasteiger partial charge >= 0.3 is 6.03 Å². The SMILES string of the molecule is CNC(=O)Nc1ccc(NC(=O)C2(C)CCCNC2)cc1. The van der Waals surface area contributed by atoms with Crippen molar-refractivity contribution in [3.8, 4) is 0 Å². The quantitative estimate of drug-likeness (QED) is 0.684. The molecule has 0 bridgehead atoms. The highest BCUT2D eigenvalue weighted by molar-refractivity contribution is 5.96. The van der Waals surface area contributed by atoms with Gasteiger partial charge in [-0.1, -0.05) is 0 Å². The molecular weight excluding hydrogens is 268 g/mol. The number of carbonyl (C=O) groups is 2. The molecule has 0 radical (unpaired) electrons. The maximum atomic E-state index is 12.4. The van der Waals surface area contributed by atoms with E-state index in [9.17, 15) is 9.59 Å². The summed E-state index contributed by atoms with van der Waals surface area (Å²) in [5.74, 6) is 0.0294. The molecule has 0 spiro atoms. The molecule has 114 valence electrons. The van der Waals surface area contributed by atoms with Crippen LogP contribution in [0, 0.1) is 5.41 Å². The Morgan fingerprint density at radius 3 is 2.29 bits per heavy atom. The van der Waals surface area contributed by atoms with E-state index in [2.05, 4.69) is 21.3 Å². The average molecular weight is 290 g/mol. The molecule has 6 nitrogen and oxygen atoms in total. The lowest BCUT2D eigenvalue weighted by atomic mass is 9.82. The van der Waals surface area contributed by atoms with Crippen LogP contribution in [0.3, 0.4) is 0 Å². The second-order valence-electron chi connectivity index (χ2n) is 5.58. The third kappa shape index (κ3) is 3.95. The zero-order valence-electron chi connectivity index (χ0n) is 12.5. The Balaban J connectivity index is 1.96. The van der Waals surface area contributed by atoms with E-state index in [1.807, 2.05) is 6.92 Å². The maximum Gasteiger partial charge on any atom is 0.318 e. The van der Waals surface area contributed by atoms with Crippen molar-refractivity contribution in [1.82, 2.24) is 10.6 Å². The first-order chi connectivity index (χ1) is 10.0. The van der Waals surface area contributed by atoms with Crippen molar-refractivity contribution in [3.63, 3.8) is 0 Å². The standard InChI is InChI=1S/C15H22N4O2/c1-15(8-3-9-17-10-15)13(20)18-11-4-6-12(7-5-11)19-14(21)16-2/h4-7,17H,3,8-10H2,1-2H3,(H,18,20)(H2,16,19,21). The van der Waals surface area contributed by atoms with Gasteiger partial charge < -0.3 is 21.3 Å². The summed E-state index contributed by atoms with van der Waals surface area (Å²) in [5, 5.41) is 11.4. The van der Waals surface area contributed by atoms with Crippen molar-refractivity contribution < 1.29 is 9.59 Å². The van der Waals surface area contributed by atoms with Gasteiger partial charge in [0, 0.05) is 25.0 Å². The second-order valence-corrected chi connectivity index (χ2v) is 5.58. The molecule has 1 heterocycles. The predicted molar refractivity (Wildman–Crippen MR) is 83.4 cm³/mol. The lowest BCUT2D eigenvalue weighted by molar-refractivity contribution is -0.125. The van der Waals surface area contributed by atoms with E-state index < -0.39 is 0 Å². The van der Waals surface area contributed by atoms with Gasteiger partial charge in [-0.2, -0.15) is 0 Å². The minimum atomic E-state index is -0.364. The number of nitrogens with one attached hydrogen (secondary N) is 4. The Hall–Kier alpha value is -2.08. The smallest absolute Gasteiger partial charge is 0.318 e. The Labute approximate surface area is 124 Å². The van der Waals surface area contributed by atoms with Crippen molar-refractivity contribution in [2.24, 2.45) is 5.41 Å². The van der Waals surface area contributed by atoms with Crippen LogP contribution >= 0.6 is 0 Å². The fourth-order valence-corrected chi connectivity index (χ4v) is 2.36. The molecule has 1 aromatic rings. The number of urea groups is 1.